The van der Waals surface area contributed by atoms with Crippen LogP contribution in [0.2, 0.25) is 0 Å². The molecule has 108 valence electrons. The number of hydrogen-bond acceptors (Lipinski definition) is 2. The zero-order chi connectivity index (χ0) is 15.1. The molecule has 0 aliphatic heterocycles. The Morgan fingerprint density at radius 3 is 2.81 bits per heavy atom. The van der Waals surface area contributed by atoms with Gasteiger partial charge in [-0.1, -0.05) is 0 Å². The lowest BCUT2D eigenvalue weighted by atomic mass is 10.1. The number of nitrogens with one attached hydrogen (secondary N) is 2. The Bertz CT molecular complexity index is 827. The van der Waals surface area contributed by atoms with Crippen molar-refractivity contribution in [3.63, 3.8) is 0 Å². The lowest BCUT2D eigenvalue weighted by Crippen LogP contribution is -2.12. The normalized spacial score (nSPS) is 11.0. The average molecular weight is 286 g/mol. The summed E-state index contributed by atoms with van der Waals surface area (Å²) in [5.41, 5.74) is 3.40. The number of aromatic amines is 1. The van der Waals surface area contributed by atoms with Crippen LogP contribution in [0.3, 0.4) is 0 Å². The highest BCUT2D eigenvalue weighted by molar-refractivity contribution is 6.13. The molecule has 0 saturated carbocycles. The molecule has 3 aromatic rings. The smallest absolute Gasteiger partial charge is 0.257 e. The number of halogens is 1. The maximum Gasteiger partial charge on any atom is 0.257 e. The van der Waals surface area contributed by atoms with Crippen LogP contribution in [-0.2, 0) is 7.05 Å². The Hall–Kier alpha value is -2.63. The number of carbonyl (C=O) groups is 1. The molecule has 0 fully saturated rings. The monoisotopic (exact) mass is 286 g/mol. The number of amides is 1. The Kier molecular flexibility index (Phi) is 3.01. The molecule has 0 radical (unpaired) electrons. The molecule has 2 aromatic heterocycles. The number of benzene rings is 1. The summed E-state index contributed by atoms with van der Waals surface area (Å²) < 4.78 is 15.2. The lowest BCUT2D eigenvalue weighted by Gasteiger charge is -2.04. The predicted octanol–water partition coefficient (Wildman–Crippen LogP) is 2.91. The Labute approximate surface area is 120 Å². The highest BCUT2D eigenvalue weighted by Gasteiger charge is 2.17. The molecule has 21 heavy (non-hydrogen) atoms. The van der Waals surface area contributed by atoms with E-state index in [0.717, 1.165) is 11.2 Å². The number of H-pyrrole nitrogens is 1. The molecule has 0 unspecified atom stereocenters. The summed E-state index contributed by atoms with van der Waals surface area (Å²) in [5.74, 6) is -0.641. The summed E-state index contributed by atoms with van der Waals surface area (Å²) in [6.07, 6.45) is 1.70. The minimum Gasteiger partial charge on any atom is -0.350 e. The van der Waals surface area contributed by atoms with Gasteiger partial charge >= 0.3 is 0 Å². The fourth-order valence-electron chi connectivity index (χ4n) is 2.46. The number of hydrogen-bond donors (Lipinski definition) is 2. The van der Waals surface area contributed by atoms with Gasteiger partial charge in [-0.15, -0.1) is 0 Å². The van der Waals surface area contributed by atoms with E-state index in [9.17, 15) is 9.18 Å². The van der Waals surface area contributed by atoms with E-state index in [2.05, 4.69) is 15.5 Å². The minimum absolute atomic E-state index is 0.279. The third-order valence-electron chi connectivity index (χ3n) is 3.56. The molecular formula is C15H15FN4O. The number of fused-ring (bicyclic) bond motifs is 1. The Balaban J connectivity index is 2.04. The van der Waals surface area contributed by atoms with E-state index in [4.69, 9.17) is 0 Å². The molecule has 0 aliphatic rings. The van der Waals surface area contributed by atoms with Crippen LogP contribution in [0, 0.1) is 19.7 Å². The van der Waals surface area contributed by atoms with Gasteiger partial charge in [-0.25, -0.2) is 4.39 Å². The van der Waals surface area contributed by atoms with Gasteiger partial charge in [-0.05, 0) is 32.0 Å². The molecule has 2 heterocycles. The van der Waals surface area contributed by atoms with Crippen molar-refractivity contribution in [2.24, 2.45) is 7.05 Å². The van der Waals surface area contributed by atoms with Crippen LogP contribution in [0.25, 0.3) is 10.9 Å². The molecule has 1 aromatic carbocycles. The van der Waals surface area contributed by atoms with Gasteiger partial charge in [-0.3, -0.25) is 9.89 Å². The van der Waals surface area contributed by atoms with E-state index in [-0.39, 0.29) is 11.7 Å². The van der Waals surface area contributed by atoms with Crippen molar-refractivity contribution < 1.29 is 9.18 Å². The van der Waals surface area contributed by atoms with Crippen molar-refractivity contribution in [3.8, 4) is 0 Å². The molecule has 0 aliphatic carbocycles. The second-order valence-electron chi connectivity index (χ2n) is 5.08. The van der Waals surface area contributed by atoms with Crippen molar-refractivity contribution in [1.29, 1.82) is 0 Å². The molecule has 0 atom stereocenters. The van der Waals surface area contributed by atoms with Crippen LogP contribution in [0.5, 0.6) is 0 Å². The van der Waals surface area contributed by atoms with Gasteiger partial charge < -0.3 is 9.88 Å². The first-order chi connectivity index (χ1) is 9.97. The number of aryl methyl sites for hydroxylation is 3. The molecule has 1 amide bonds. The van der Waals surface area contributed by atoms with Gasteiger partial charge in [0.15, 0.2) is 0 Å². The predicted molar refractivity (Wildman–Crippen MR) is 78.9 cm³/mol. The summed E-state index contributed by atoms with van der Waals surface area (Å²) in [6.45, 7) is 3.64. The van der Waals surface area contributed by atoms with Crippen LogP contribution >= 0.6 is 0 Å². The second-order valence-corrected chi connectivity index (χ2v) is 5.08. The zero-order valence-electron chi connectivity index (χ0n) is 12.0. The molecule has 6 heteroatoms. The highest BCUT2D eigenvalue weighted by atomic mass is 19.1. The maximum atomic E-state index is 13.4. The standard InChI is InChI=1S/C15H15FN4O/c1-8-14(9(2)19-18-8)17-15(21)12-7-20(3)13-5-4-10(16)6-11(12)13/h4-7H,1-3H3,(H,17,21)(H,18,19). The third-order valence-corrected chi connectivity index (χ3v) is 3.56. The van der Waals surface area contributed by atoms with Gasteiger partial charge in [0.25, 0.3) is 5.91 Å². The highest BCUT2D eigenvalue weighted by Crippen LogP contribution is 2.24. The van der Waals surface area contributed by atoms with Gasteiger partial charge in [0.2, 0.25) is 0 Å². The van der Waals surface area contributed by atoms with E-state index in [1.807, 2.05) is 20.9 Å². The van der Waals surface area contributed by atoms with Crippen LogP contribution in [0.15, 0.2) is 24.4 Å². The first kappa shape index (κ1) is 13.4. The van der Waals surface area contributed by atoms with Crippen LogP contribution in [-0.4, -0.2) is 20.7 Å². The summed E-state index contributed by atoms with van der Waals surface area (Å²) in [7, 11) is 1.82. The number of aromatic nitrogens is 3. The number of anilines is 1. The number of nitrogens with zero attached hydrogens (tertiary/aromatic N) is 2. The summed E-state index contributed by atoms with van der Waals surface area (Å²) in [5, 5.41) is 10.3. The Morgan fingerprint density at radius 2 is 2.14 bits per heavy atom. The van der Waals surface area contributed by atoms with Crippen LogP contribution in [0.1, 0.15) is 21.7 Å². The number of carbonyl (C=O) groups excluding carboxylic acids is 1. The number of rotatable bonds is 2. The topological polar surface area (TPSA) is 62.7 Å². The van der Waals surface area contributed by atoms with Crippen molar-refractivity contribution in [2.75, 3.05) is 5.32 Å². The Morgan fingerprint density at radius 1 is 1.38 bits per heavy atom. The third kappa shape index (κ3) is 2.18. The fraction of sp³-hybridized carbons (Fsp3) is 0.200. The van der Waals surface area contributed by atoms with E-state index < -0.39 is 0 Å². The van der Waals surface area contributed by atoms with Crippen molar-refractivity contribution in [1.82, 2.24) is 14.8 Å². The maximum absolute atomic E-state index is 13.4. The van der Waals surface area contributed by atoms with E-state index in [1.54, 1.807) is 16.8 Å². The summed E-state index contributed by atoms with van der Waals surface area (Å²) in [6, 6.07) is 4.42. The first-order valence-electron chi connectivity index (χ1n) is 6.55. The summed E-state index contributed by atoms with van der Waals surface area (Å²) >= 11 is 0. The van der Waals surface area contributed by atoms with E-state index >= 15 is 0 Å². The van der Waals surface area contributed by atoms with Crippen molar-refractivity contribution in [3.05, 3.63) is 47.2 Å². The molecule has 0 saturated heterocycles. The van der Waals surface area contributed by atoms with Gasteiger partial charge in [0.1, 0.15) is 5.82 Å². The molecule has 2 N–H and O–H groups in total. The lowest BCUT2D eigenvalue weighted by molar-refractivity contribution is 0.102. The van der Waals surface area contributed by atoms with Crippen LogP contribution < -0.4 is 5.32 Å². The summed E-state index contributed by atoms with van der Waals surface area (Å²) in [4.78, 5) is 12.5. The first-order valence-corrected chi connectivity index (χ1v) is 6.55. The molecule has 0 bridgehead atoms. The fourth-order valence-corrected chi connectivity index (χ4v) is 2.46. The molecule has 5 nitrogen and oxygen atoms in total. The zero-order valence-corrected chi connectivity index (χ0v) is 12.0. The van der Waals surface area contributed by atoms with Crippen LogP contribution in [0.4, 0.5) is 10.1 Å². The molecule has 3 rings (SSSR count). The van der Waals surface area contributed by atoms with E-state index in [0.29, 0.717) is 22.3 Å². The average Bonchev–Trinajstić information content (AvgIpc) is 2.93. The van der Waals surface area contributed by atoms with Gasteiger partial charge in [-0.2, -0.15) is 5.10 Å². The minimum atomic E-state index is -0.363. The quantitative estimate of drug-likeness (QED) is 0.761. The van der Waals surface area contributed by atoms with E-state index in [1.165, 1.54) is 12.1 Å². The molecule has 0 spiro atoms. The largest absolute Gasteiger partial charge is 0.350 e. The van der Waals surface area contributed by atoms with Gasteiger partial charge in [0.05, 0.1) is 22.6 Å². The van der Waals surface area contributed by atoms with Crippen molar-refractivity contribution in [2.45, 2.75) is 13.8 Å². The molecular weight excluding hydrogens is 271 g/mol. The SMILES string of the molecule is Cc1n[nH]c(C)c1NC(=O)c1cn(C)c2ccc(F)cc12. The second kappa shape index (κ2) is 4.73. The van der Waals surface area contributed by atoms with Crippen molar-refractivity contribution >= 4 is 22.5 Å². The van der Waals surface area contributed by atoms with Gasteiger partial charge in [0, 0.05) is 24.1 Å².